The van der Waals surface area contributed by atoms with Crippen molar-refractivity contribution in [3.8, 4) is 28.4 Å². The third-order valence-corrected chi connectivity index (χ3v) is 5.87. The minimum atomic E-state index is -4.69. The summed E-state index contributed by atoms with van der Waals surface area (Å²) in [5.41, 5.74) is -0.132. The van der Waals surface area contributed by atoms with Crippen LogP contribution in [-0.4, -0.2) is 45.8 Å². The molecule has 1 aromatic heterocycles. The van der Waals surface area contributed by atoms with Crippen molar-refractivity contribution in [1.29, 1.82) is 0 Å². The van der Waals surface area contributed by atoms with E-state index in [2.05, 4.69) is 5.10 Å². The van der Waals surface area contributed by atoms with Crippen LogP contribution in [0.4, 0.5) is 13.2 Å². The largest absolute Gasteiger partial charge is 0.497 e. The Labute approximate surface area is 183 Å². The quantitative estimate of drug-likeness (QED) is 0.517. The summed E-state index contributed by atoms with van der Waals surface area (Å²) < 4.78 is 81.4. The van der Waals surface area contributed by atoms with Crippen LogP contribution in [0.3, 0.4) is 0 Å². The molecule has 0 spiro atoms. The van der Waals surface area contributed by atoms with Gasteiger partial charge in [-0.05, 0) is 42.0 Å². The van der Waals surface area contributed by atoms with Crippen molar-refractivity contribution in [3.63, 3.8) is 0 Å². The molecule has 0 saturated carbocycles. The average molecular weight is 470 g/mol. The molecule has 0 unspecified atom stereocenters. The van der Waals surface area contributed by atoms with Crippen LogP contribution in [0.15, 0.2) is 47.4 Å². The molecule has 7 nitrogen and oxygen atoms in total. The van der Waals surface area contributed by atoms with Gasteiger partial charge >= 0.3 is 6.18 Å². The van der Waals surface area contributed by atoms with Gasteiger partial charge in [0.1, 0.15) is 11.5 Å². The van der Waals surface area contributed by atoms with Gasteiger partial charge in [-0.2, -0.15) is 18.3 Å². The van der Waals surface area contributed by atoms with Crippen molar-refractivity contribution in [2.45, 2.75) is 17.7 Å². The highest BCUT2D eigenvalue weighted by atomic mass is 32.2. The first kappa shape index (κ1) is 23.6. The van der Waals surface area contributed by atoms with Crippen molar-refractivity contribution >= 4 is 9.84 Å². The Balaban J connectivity index is 2.28. The second kappa shape index (κ2) is 8.83. The lowest BCUT2D eigenvalue weighted by Crippen LogP contribution is -2.09. The van der Waals surface area contributed by atoms with E-state index in [1.165, 1.54) is 39.5 Å². The number of halogens is 3. The summed E-state index contributed by atoms with van der Waals surface area (Å²) in [6.07, 6.45) is -3.65. The lowest BCUT2D eigenvalue weighted by atomic mass is 10.1. The van der Waals surface area contributed by atoms with E-state index in [1.807, 2.05) is 0 Å². The zero-order valence-electron chi connectivity index (χ0n) is 17.7. The van der Waals surface area contributed by atoms with Gasteiger partial charge in [-0.1, -0.05) is 0 Å². The van der Waals surface area contributed by atoms with Crippen molar-refractivity contribution in [3.05, 3.63) is 53.7 Å². The maximum Gasteiger partial charge on any atom is 0.435 e. The number of rotatable bonds is 7. The number of methoxy groups -OCH3 is 3. The predicted molar refractivity (Wildman–Crippen MR) is 111 cm³/mol. The number of benzene rings is 2. The molecule has 11 heteroatoms. The molecule has 0 aliphatic rings. The summed E-state index contributed by atoms with van der Waals surface area (Å²) in [6, 6.07) is 9.75. The first-order chi connectivity index (χ1) is 15.0. The first-order valence-corrected chi connectivity index (χ1v) is 11.1. The Hall–Kier alpha value is -3.05. The molecule has 3 rings (SSSR count). The zero-order chi connectivity index (χ0) is 23.7. The van der Waals surface area contributed by atoms with Gasteiger partial charge in [0.2, 0.25) is 0 Å². The predicted octanol–water partition coefficient (Wildman–Crippen LogP) is 4.13. The van der Waals surface area contributed by atoms with E-state index in [4.69, 9.17) is 14.2 Å². The van der Waals surface area contributed by atoms with Gasteiger partial charge in [0.15, 0.2) is 15.5 Å². The number of aromatic nitrogens is 2. The van der Waals surface area contributed by atoms with Crippen LogP contribution in [0.25, 0.3) is 16.9 Å². The van der Waals surface area contributed by atoms with E-state index in [1.54, 1.807) is 18.2 Å². The van der Waals surface area contributed by atoms with E-state index in [-0.39, 0.29) is 28.6 Å². The summed E-state index contributed by atoms with van der Waals surface area (Å²) in [5, 5.41) is 3.75. The van der Waals surface area contributed by atoms with Crippen LogP contribution >= 0.6 is 0 Å². The SMILES string of the molecule is COCc1cc(-n2nc(C(F)(F)F)cc2-c2ccc(OC)cc2OC)ccc1S(C)(=O)=O. The fourth-order valence-electron chi connectivity index (χ4n) is 3.25. The van der Waals surface area contributed by atoms with Crippen molar-refractivity contribution in [2.24, 2.45) is 0 Å². The molecule has 0 fully saturated rings. The molecule has 0 aliphatic heterocycles. The molecule has 2 aromatic carbocycles. The molecule has 0 N–H and O–H groups in total. The van der Waals surface area contributed by atoms with Crippen LogP contribution in [-0.2, 0) is 27.4 Å². The fraction of sp³-hybridized carbons (Fsp3) is 0.286. The Morgan fingerprint density at radius 3 is 2.28 bits per heavy atom. The van der Waals surface area contributed by atoms with E-state index in [0.29, 0.717) is 16.9 Å². The van der Waals surface area contributed by atoms with Crippen molar-refractivity contribution in [1.82, 2.24) is 9.78 Å². The summed E-state index contributed by atoms with van der Waals surface area (Å²) in [6.45, 7) is -0.0508. The number of alkyl halides is 3. The van der Waals surface area contributed by atoms with Crippen molar-refractivity contribution < 1.29 is 35.8 Å². The molecule has 1 heterocycles. The van der Waals surface area contributed by atoms with Crippen LogP contribution in [0.1, 0.15) is 11.3 Å². The normalized spacial score (nSPS) is 12.1. The van der Waals surface area contributed by atoms with Gasteiger partial charge in [-0.15, -0.1) is 0 Å². The van der Waals surface area contributed by atoms with Crippen LogP contribution in [0.5, 0.6) is 11.5 Å². The molecule has 0 bridgehead atoms. The highest BCUT2D eigenvalue weighted by molar-refractivity contribution is 7.90. The number of hydrogen-bond donors (Lipinski definition) is 0. The number of sulfone groups is 1. The minimum Gasteiger partial charge on any atom is -0.497 e. The van der Waals surface area contributed by atoms with Gasteiger partial charge in [-0.25, -0.2) is 13.1 Å². The lowest BCUT2D eigenvalue weighted by Gasteiger charge is -2.14. The highest BCUT2D eigenvalue weighted by Crippen LogP contribution is 2.38. The highest BCUT2D eigenvalue weighted by Gasteiger charge is 2.36. The lowest BCUT2D eigenvalue weighted by molar-refractivity contribution is -0.141. The van der Waals surface area contributed by atoms with E-state index >= 15 is 0 Å². The standard InChI is InChI=1S/C21H21F3N2O5S/c1-29-12-13-9-14(5-8-19(13)32(4,27)28)26-17(11-20(25-26)21(22,23)24)16-7-6-15(30-2)10-18(16)31-3/h5-11H,12H2,1-4H3. The van der Waals surface area contributed by atoms with Crippen molar-refractivity contribution in [2.75, 3.05) is 27.6 Å². The third-order valence-electron chi connectivity index (χ3n) is 4.67. The Bertz CT molecular complexity index is 1240. The molecule has 32 heavy (non-hydrogen) atoms. The van der Waals surface area contributed by atoms with Gasteiger partial charge < -0.3 is 14.2 Å². The Morgan fingerprint density at radius 2 is 1.72 bits per heavy atom. The Morgan fingerprint density at radius 1 is 1.00 bits per heavy atom. The first-order valence-electron chi connectivity index (χ1n) is 9.21. The fourth-order valence-corrected chi connectivity index (χ4v) is 4.16. The molecule has 0 atom stereocenters. The molecular formula is C21H21F3N2O5S. The van der Waals surface area contributed by atoms with Crippen LogP contribution in [0.2, 0.25) is 0 Å². The van der Waals surface area contributed by atoms with E-state index in [0.717, 1.165) is 17.0 Å². The maximum absolute atomic E-state index is 13.5. The molecule has 0 aliphatic carbocycles. The van der Waals surface area contributed by atoms with E-state index in [9.17, 15) is 21.6 Å². The second-order valence-electron chi connectivity index (χ2n) is 6.89. The van der Waals surface area contributed by atoms with Gasteiger partial charge in [0, 0.05) is 25.0 Å². The molecule has 3 aromatic rings. The number of nitrogens with zero attached hydrogens (tertiary/aromatic N) is 2. The van der Waals surface area contributed by atoms with Gasteiger partial charge in [0.25, 0.3) is 0 Å². The number of ether oxygens (including phenoxy) is 3. The molecule has 0 radical (unpaired) electrons. The smallest absolute Gasteiger partial charge is 0.435 e. The summed E-state index contributed by atoms with van der Waals surface area (Å²) >= 11 is 0. The zero-order valence-corrected chi connectivity index (χ0v) is 18.5. The number of hydrogen-bond acceptors (Lipinski definition) is 6. The average Bonchev–Trinajstić information content (AvgIpc) is 3.18. The second-order valence-corrected chi connectivity index (χ2v) is 8.87. The molecule has 0 amide bonds. The Kier molecular flexibility index (Phi) is 6.51. The third kappa shape index (κ3) is 4.73. The summed E-state index contributed by atoms with van der Waals surface area (Å²) in [4.78, 5) is 0.0230. The minimum absolute atomic E-state index is 0.0230. The maximum atomic E-state index is 13.5. The van der Waals surface area contributed by atoms with E-state index < -0.39 is 21.7 Å². The summed E-state index contributed by atoms with van der Waals surface area (Å²) in [5.74, 6) is 0.747. The van der Waals surface area contributed by atoms with Crippen LogP contribution < -0.4 is 9.47 Å². The summed E-state index contributed by atoms with van der Waals surface area (Å²) in [7, 11) is 0.664. The van der Waals surface area contributed by atoms with Gasteiger partial charge in [0.05, 0.1) is 37.1 Å². The van der Waals surface area contributed by atoms with Gasteiger partial charge in [-0.3, -0.25) is 0 Å². The van der Waals surface area contributed by atoms with Crippen LogP contribution in [0, 0.1) is 0 Å². The molecule has 172 valence electrons. The molecule has 0 saturated heterocycles. The molecular weight excluding hydrogens is 449 g/mol. The monoisotopic (exact) mass is 470 g/mol. The topological polar surface area (TPSA) is 79.7 Å².